The predicted molar refractivity (Wildman–Crippen MR) is 133 cm³/mol. The summed E-state index contributed by atoms with van der Waals surface area (Å²) in [6, 6.07) is 16.6. The van der Waals surface area contributed by atoms with Crippen LogP contribution in [0.15, 0.2) is 81.0 Å². The fourth-order valence-electron chi connectivity index (χ4n) is 4.28. The second-order valence-electron chi connectivity index (χ2n) is 8.56. The Hall–Kier alpha value is -4.46. The van der Waals surface area contributed by atoms with Crippen LogP contribution in [0.1, 0.15) is 29.7 Å². The Morgan fingerprint density at radius 3 is 2.60 bits per heavy atom. The molecule has 0 radical (unpaired) electrons. The molecule has 1 atom stereocenters. The molecule has 0 bridgehead atoms. The van der Waals surface area contributed by atoms with Crippen molar-refractivity contribution in [3.63, 3.8) is 0 Å². The van der Waals surface area contributed by atoms with Crippen molar-refractivity contribution < 1.29 is 8.91 Å². The van der Waals surface area contributed by atoms with Crippen molar-refractivity contribution in [2.45, 2.75) is 26.8 Å². The van der Waals surface area contributed by atoms with Crippen molar-refractivity contribution in [1.82, 2.24) is 14.5 Å². The van der Waals surface area contributed by atoms with Gasteiger partial charge in [-0.1, -0.05) is 24.3 Å². The van der Waals surface area contributed by atoms with Gasteiger partial charge in [0.1, 0.15) is 11.5 Å². The minimum Gasteiger partial charge on any atom is -0.378 e. The van der Waals surface area contributed by atoms with E-state index >= 15 is 0 Å². The number of hydrogen-bond donors (Lipinski definition) is 2. The van der Waals surface area contributed by atoms with Crippen LogP contribution in [0.4, 0.5) is 10.1 Å². The lowest BCUT2D eigenvalue weighted by Gasteiger charge is -2.20. The van der Waals surface area contributed by atoms with Gasteiger partial charge in [0.2, 0.25) is 0 Å². The quantitative estimate of drug-likeness (QED) is 0.367. The van der Waals surface area contributed by atoms with Crippen LogP contribution in [0, 0.1) is 19.7 Å². The molecule has 176 valence electrons. The first kappa shape index (κ1) is 22.3. The highest BCUT2D eigenvalue weighted by molar-refractivity contribution is 5.75. The largest absolute Gasteiger partial charge is 0.378 e. The van der Waals surface area contributed by atoms with Gasteiger partial charge in [0.25, 0.3) is 11.1 Å². The van der Waals surface area contributed by atoms with Crippen molar-refractivity contribution >= 4 is 11.3 Å². The molecular formula is C27H23FN4O3. The van der Waals surface area contributed by atoms with Gasteiger partial charge in [-0.3, -0.25) is 14.0 Å². The first-order chi connectivity index (χ1) is 16.8. The van der Waals surface area contributed by atoms with Crippen LogP contribution in [0.2, 0.25) is 0 Å². The maximum atomic E-state index is 13.9. The number of aromatic nitrogens is 3. The second-order valence-corrected chi connectivity index (χ2v) is 8.56. The molecule has 35 heavy (non-hydrogen) atoms. The number of fused-ring (bicyclic) bond motifs is 1. The van der Waals surface area contributed by atoms with Crippen LogP contribution < -0.4 is 16.4 Å². The highest BCUT2D eigenvalue weighted by Gasteiger charge is 2.19. The van der Waals surface area contributed by atoms with E-state index in [2.05, 4.69) is 10.5 Å². The molecule has 3 aromatic heterocycles. The van der Waals surface area contributed by atoms with Gasteiger partial charge in [-0.15, -0.1) is 0 Å². The van der Waals surface area contributed by atoms with E-state index in [9.17, 15) is 14.0 Å². The number of aromatic amines is 1. The summed E-state index contributed by atoms with van der Waals surface area (Å²) in [5.74, 6) is 0.0221. The van der Waals surface area contributed by atoms with Crippen molar-refractivity contribution in [2.75, 3.05) is 5.32 Å². The standard InChI is InChI=1S/C27H23FN4O3/c1-15-11-21(17(3)29-22-10-5-4-9-20(22)23-13-24(33)31-35-23)26-30-25(16(2)27(34)32(26)14-15)18-7-6-8-19(28)12-18/h4-14,17,29H,1-3H3,(H,31,33)/t17-/m1/s1. The van der Waals surface area contributed by atoms with Crippen LogP contribution in [0.5, 0.6) is 0 Å². The summed E-state index contributed by atoms with van der Waals surface area (Å²) < 4.78 is 20.8. The predicted octanol–water partition coefficient (Wildman–Crippen LogP) is 5.24. The topological polar surface area (TPSA) is 92.4 Å². The van der Waals surface area contributed by atoms with Crippen molar-refractivity contribution in [3.05, 3.63) is 110 Å². The van der Waals surface area contributed by atoms with Gasteiger partial charge in [0.05, 0.1) is 17.8 Å². The minimum absolute atomic E-state index is 0.207. The first-order valence-electron chi connectivity index (χ1n) is 11.2. The lowest BCUT2D eigenvalue weighted by molar-refractivity contribution is 0.426. The van der Waals surface area contributed by atoms with Crippen LogP contribution in [0.3, 0.4) is 0 Å². The number of hydrogen-bond acceptors (Lipinski definition) is 5. The van der Waals surface area contributed by atoms with Crippen LogP contribution in [-0.4, -0.2) is 14.5 Å². The normalized spacial score (nSPS) is 12.1. The summed E-state index contributed by atoms with van der Waals surface area (Å²) in [5, 5.41) is 5.78. The second kappa shape index (κ2) is 8.72. The van der Waals surface area contributed by atoms with E-state index in [0.717, 1.165) is 22.4 Å². The van der Waals surface area contributed by atoms with Crippen LogP contribution in [-0.2, 0) is 0 Å². The van der Waals surface area contributed by atoms with E-state index in [1.165, 1.54) is 22.6 Å². The van der Waals surface area contributed by atoms with Gasteiger partial charge in [-0.2, -0.15) is 5.16 Å². The zero-order valence-electron chi connectivity index (χ0n) is 19.4. The zero-order valence-corrected chi connectivity index (χ0v) is 19.4. The smallest absolute Gasteiger partial charge is 0.280 e. The molecule has 0 fully saturated rings. The third-order valence-electron chi connectivity index (χ3n) is 5.97. The summed E-state index contributed by atoms with van der Waals surface area (Å²) in [6.07, 6.45) is 1.76. The molecule has 0 aliphatic rings. The summed E-state index contributed by atoms with van der Waals surface area (Å²) in [7, 11) is 0. The van der Waals surface area contributed by atoms with E-state index in [0.29, 0.717) is 28.2 Å². The van der Waals surface area contributed by atoms with Crippen LogP contribution >= 0.6 is 0 Å². The molecule has 0 amide bonds. The van der Waals surface area contributed by atoms with Gasteiger partial charge in [0, 0.05) is 34.1 Å². The Labute approximate surface area is 199 Å². The lowest BCUT2D eigenvalue weighted by atomic mass is 10.0. The summed E-state index contributed by atoms with van der Waals surface area (Å²) in [6.45, 7) is 5.58. The highest BCUT2D eigenvalue weighted by Crippen LogP contribution is 2.31. The van der Waals surface area contributed by atoms with Crippen molar-refractivity contribution in [3.8, 4) is 22.6 Å². The molecule has 0 unspecified atom stereocenters. The molecular weight excluding hydrogens is 447 g/mol. The van der Waals surface area contributed by atoms with E-state index in [1.807, 2.05) is 44.2 Å². The molecule has 5 rings (SSSR count). The third kappa shape index (κ3) is 4.14. The maximum Gasteiger partial charge on any atom is 0.280 e. The first-order valence-corrected chi connectivity index (χ1v) is 11.2. The van der Waals surface area contributed by atoms with Gasteiger partial charge in [-0.25, -0.2) is 9.37 Å². The molecule has 2 N–H and O–H groups in total. The number of rotatable bonds is 5. The zero-order chi connectivity index (χ0) is 24.7. The number of anilines is 1. The summed E-state index contributed by atoms with van der Waals surface area (Å²) in [5.41, 5.74) is 4.55. The number of halogens is 1. The Kier molecular flexibility index (Phi) is 5.56. The minimum atomic E-state index is -0.393. The Balaban J connectivity index is 1.64. The number of nitrogens with one attached hydrogen (secondary N) is 2. The Bertz CT molecular complexity index is 1680. The van der Waals surface area contributed by atoms with Crippen LogP contribution in [0.25, 0.3) is 28.2 Å². The van der Waals surface area contributed by atoms with E-state index in [1.54, 1.807) is 25.3 Å². The molecule has 0 spiro atoms. The van der Waals surface area contributed by atoms with E-state index in [4.69, 9.17) is 9.51 Å². The fourth-order valence-corrected chi connectivity index (χ4v) is 4.28. The molecule has 7 nitrogen and oxygen atoms in total. The highest BCUT2D eigenvalue weighted by atomic mass is 19.1. The number of nitrogens with zero attached hydrogens (tertiary/aromatic N) is 2. The van der Waals surface area contributed by atoms with Gasteiger partial charge >= 0.3 is 0 Å². The molecule has 3 heterocycles. The number of pyridine rings is 1. The number of para-hydroxylation sites is 1. The van der Waals surface area contributed by atoms with Crippen molar-refractivity contribution in [2.24, 2.45) is 0 Å². The molecule has 0 aliphatic heterocycles. The molecule has 2 aromatic carbocycles. The fraction of sp³-hybridized carbons (Fsp3) is 0.148. The van der Waals surface area contributed by atoms with E-state index in [-0.39, 0.29) is 17.2 Å². The SMILES string of the molecule is Cc1cc([C@@H](C)Nc2ccccc2-c2cc(=O)[nH]o2)c2nc(-c3cccc(F)c3)c(C)c(=O)n2c1. The van der Waals surface area contributed by atoms with Crippen molar-refractivity contribution in [1.29, 1.82) is 0 Å². The third-order valence-corrected chi connectivity index (χ3v) is 5.97. The molecule has 8 heteroatoms. The Morgan fingerprint density at radius 1 is 1.06 bits per heavy atom. The summed E-state index contributed by atoms with van der Waals surface area (Å²) >= 11 is 0. The molecule has 0 saturated heterocycles. The maximum absolute atomic E-state index is 13.9. The monoisotopic (exact) mass is 470 g/mol. The average molecular weight is 471 g/mol. The van der Waals surface area contributed by atoms with Gasteiger partial charge < -0.3 is 9.84 Å². The number of benzene rings is 2. The average Bonchev–Trinajstić information content (AvgIpc) is 3.27. The Morgan fingerprint density at radius 2 is 1.86 bits per heavy atom. The van der Waals surface area contributed by atoms with E-state index < -0.39 is 5.82 Å². The molecule has 5 aromatic rings. The summed E-state index contributed by atoms with van der Waals surface area (Å²) in [4.78, 5) is 29.7. The van der Waals surface area contributed by atoms with Gasteiger partial charge in [-0.05, 0) is 56.7 Å². The molecule has 0 saturated carbocycles. The molecule has 0 aliphatic carbocycles. The lowest BCUT2D eigenvalue weighted by Crippen LogP contribution is -2.22. The number of H-pyrrole nitrogens is 1. The number of aryl methyl sites for hydroxylation is 1. The van der Waals surface area contributed by atoms with Gasteiger partial charge in [0.15, 0.2) is 5.76 Å².